The first-order valence-electron chi connectivity index (χ1n) is 7.07. The van der Waals surface area contributed by atoms with Crippen molar-refractivity contribution < 1.29 is 9.18 Å². The molecule has 1 atom stereocenters. The van der Waals surface area contributed by atoms with Crippen molar-refractivity contribution in [3.05, 3.63) is 35.1 Å². The Morgan fingerprint density at radius 3 is 2.95 bits per heavy atom. The van der Waals surface area contributed by atoms with Gasteiger partial charge in [-0.05, 0) is 43.1 Å². The molecule has 1 heterocycles. The smallest absolute Gasteiger partial charge is 0.237 e. The van der Waals surface area contributed by atoms with Crippen molar-refractivity contribution in [2.45, 2.75) is 31.8 Å². The highest BCUT2D eigenvalue weighted by molar-refractivity contribution is 7.80. The van der Waals surface area contributed by atoms with Crippen molar-refractivity contribution in [1.82, 2.24) is 10.2 Å². The summed E-state index contributed by atoms with van der Waals surface area (Å²) in [7, 11) is 1.64. The number of nitrogens with two attached hydrogens (primary N) is 1. The van der Waals surface area contributed by atoms with Crippen LogP contribution < -0.4 is 11.1 Å². The molecule has 1 amide bonds. The zero-order valence-electron chi connectivity index (χ0n) is 12.1. The van der Waals surface area contributed by atoms with Gasteiger partial charge in [0.15, 0.2) is 0 Å². The lowest BCUT2D eigenvalue weighted by atomic mass is 9.99. The molecule has 0 aromatic heterocycles. The molecule has 3 N–H and O–H groups in total. The van der Waals surface area contributed by atoms with Crippen LogP contribution in [0.25, 0.3) is 0 Å². The highest BCUT2D eigenvalue weighted by Gasteiger charge is 2.28. The lowest BCUT2D eigenvalue weighted by Gasteiger charge is -2.34. The molecular formula is C15H20FN3OS. The maximum absolute atomic E-state index is 13.5. The number of nitrogens with one attached hydrogen (secondary N) is 1. The molecule has 0 saturated carbocycles. The molecule has 1 aromatic carbocycles. The number of likely N-dealkylation sites (tertiary alicyclic amines) is 1. The van der Waals surface area contributed by atoms with E-state index in [1.165, 1.54) is 12.1 Å². The van der Waals surface area contributed by atoms with Crippen molar-refractivity contribution in [2.75, 3.05) is 13.6 Å². The fourth-order valence-electron chi connectivity index (χ4n) is 2.80. The van der Waals surface area contributed by atoms with Gasteiger partial charge < -0.3 is 11.1 Å². The molecule has 6 heteroatoms. The lowest BCUT2D eigenvalue weighted by Crippen LogP contribution is -2.48. The normalized spacial score (nSPS) is 19.2. The number of piperidine rings is 1. The zero-order chi connectivity index (χ0) is 15.4. The van der Waals surface area contributed by atoms with E-state index in [0.717, 1.165) is 31.4 Å². The van der Waals surface area contributed by atoms with Crippen LogP contribution in [-0.4, -0.2) is 35.4 Å². The summed E-state index contributed by atoms with van der Waals surface area (Å²) in [5, 5.41) is 2.69. The summed E-state index contributed by atoms with van der Waals surface area (Å²) in [5.74, 6) is -0.318. The fourth-order valence-corrected chi connectivity index (χ4v) is 3.00. The van der Waals surface area contributed by atoms with E-state index in [0.29, 0.717) is 12.1 Å². The van der Waals surface area contributed by atoms with Crippen molar-refractivity contribution in [2.24, 2.45) is 5.73 Å². The third-order valence-electron chi connectivity index (χ3n) is 3.87. The molecule has 21 heavy (non-hydrogen) atoms. The molecule has 0 aliphatic carbocycles. The summed E-state index contributed by atoms with van der Waals surface area (Å²) in [5.41, 5.74) is 7.11. The quantitative estimate of drug-likeness (QED) is 0.829. The van der Waals surface area contributed by atoms with E-state index < -0.39 is 0 Å². The number of carbonyl (C=O) groups excluding carboxylic acids is 1. The van der Waals surface area contributed by atoms with Gasteiger partial charge in [-0.3, -0.25) is 9.69 Å². The third-order valence-corrected chi connectivity index (χ3v) is 4.09. The van der Waals surface area contributed by atoms with Crippen LogP contribution in [0, 0.1) is 5.82 Å². The van der Waals surface area contributed by atoms with E-state index >= 15 is 0 Å². The van der Waals surface area contributed by atoms with Gasteiger partial charge in [-0.2, -0.15) is 0 Å². The second-order valence-corrected chi connectivity index (χ2v) is 5.70. The average molecular weight is 309 g/mol. The van der Waals surface area contributed by atoms with Crippen LogP contribution in [0.4, 0.5) is 4.39 Å². The summed E-state index contributed by atoms with van der Waals surface area (Å²) in [6, 6.07) is 4.23. The number of thiocarbonyl (C=S) groups is 1. The maximum atomic E-state index is 13.5. The van der Waals surface area contributed by atoms with Gasteiger partial charge in [-0.1, -0.05) is 18.6 Å². The Labute approximate surface area is 129 Å². The molecule has 1 aliphatic heterocycles. The Bertz CT molecular complexity index is 550. The van der Waals surface area contributed by atoms with Gasteiger partial charge in [0, 0.05) is 19.2 Å². The lowest BCUT2D eigenvalue weighted by molar-refractivity contribution is -0.127. The van der Waals surface area contributed by atoms with Crippen molar-refractivity contribution in [3.8, 4) is 0 Å². The summed E-state index contributed by atoms with van der Waals surface area (Å²) < 4.78 is 13.5. The van der Waals surface area contributed by atoms with E-state index in [2.05, 4.69) is 10.2 Å². The number of hydrogen-bond donors (Lipinski definition) is 2. The molecule has 1 unspecified atom stereocenters. The van der Waals surface area contributed by atoms with Crippen LogP contribution in [-0.2, 0) is 11.3 Å². The molecule has 1 saturated heterocycles. The number of hydrogen-bond acceptors (Lipinski definition) is 3. The number of nitrogens with zero attached hydrogens (tertiary/aromatic N) is 1. The van der Waals surface area contributed by atoms with E-state index in [1.807, 2.05) is 0 Å². The zero-order valence-corrected chi connectivity index (χ0v) is 12.9. The Balaban J connectivity index is 2.24. The maximum Gasteiger partial charge on any atom is 0.237 e. The predicted molar refractivity (Wildman–Crippen MR) is 84.4 cm³/mol. The van der Waals surface area contributed by atoms with Crippen LogP contribution >= 0.6 is 12.2 Å². The first-order chi connectivity index (χ1) is 10.0. The Kier molecular flexibility index (Phi) is 5.25. The largest absolute Gasteiger partial charge is 0.389 e. The monoisotopic (exact) mass is 309 g/mol. The molecule has 0 spiro atoms. The minimum absolute atomic E-state index is 0.00276. The van der Waals surface area contributed by atoms with E-state index in [1.54, 1.807) is 13.1 Å². The molecule has 0 bridgehead atoms. The summed E-state index contributed by atoms with van der Waals surface area (Å²) in [6.07, 6.45) is 2.88. The van der Waals surface area contributed by atoms with Crippen molar-refractivity contribution in [1.29, 1.82) is 0 Å². The topological polar surface area (TPSA) is 58.4 Å². The SMILES string of the molecule is CNC(=O)C1CCCCN1Cc1cc(F)ccc1C(N)=S. The van der Waals surface area contributed by atoms with Gasteiger partial charge in [-0.15, -0.1) is 0 Å². The van der Waals surface area contributed by atoms with Crippen LogP contribution in [0.2, 0.25) is 0 Å². The highest BCUT2D eigenvalue weighted by atomic mass is 32.1. The second-order valence-electron chi connectivity index (χ2n) is 5.26. The minimum Gasteiger partial charge on any atom is -0.389 e. The van der Waals surface area contributed by atoms with Crippen LogP contribution in [0.3, 0.4) is 0 Å². The van der Waals surface area contributed by atoms with E-state index in [4.69, 9.17) is 18.0 Å². The van der Waals surface area contributed by atoms with Crippen LogP contribution in [0.15, 0.2) is 18.2 Å². The van der Waals surface area contributed by atoms with Gasteiger partial charge in [0.2, 0.25) is 5.91 Å². The Morgan fingerprint density at radius 1 is 1.52 bits per heavy atom. The average Bonchev–Trinajstić information content (AvgIpc) is 2.47. The molecule has 114 valence electrons. The summed E-state index contributed by atoms with van der Waals surface area (Å²) in [4.78, 5) is 14.3. The number of halogens is 1. The minimum atomic E-state index is -0.321. The van der Waals surface area contributed by atoms with E-state index in [-0.39, 0.29) is 22.8 Å². The molecule has 0 radical (unpaired) electrons. The molecule has 4 nitrogen and oxygen atoms in total. The number of benzene rings is 1. The van der Waals surface area contributed by atoms with Crippen LogP contribution in [0.5, 0.6) is 0 Å². The van der Waals surface area contributed by atoms with Gasteiger partial charge in [0.1, 0.15) is 10.8 Å². The van der Waals surface area contributed by atoms with Crippen molar-refractivity contribution in [3.63, 3.8) is 0 Å². The number of carbonyl (C=O) groups is 1. The molecule has 2 rings (SSSR count). The summed E-state index contributed by atoms with van der Waals surface area (Å²) >= 11 is 5.02. The Morgan fingerprint density at radius 2 is 2.29 bits per heavy atom. The number of rotatable bonds is 4. The van der Waals surface area contributed by atoms with Crippen molar-refractivity contribution >= 4 is 23.1 Å². The van der Waals surface area contributed by atoms with Gasteiger partial charge in [0.05, 0.1) is 6.04 Å². The van der Waals surface area contributed by atoms with E-state index in [9.17, 15) is 9.18 Å². The number of likely N-dealkylation sites (N-methyl/N-ethyl adjacent to an activating group) is 1. The number of amides is 1. The first kappa shape index (κ1) is 15.9. The first-order valence-corrected chi connectivity index (χ1v) is 7.47. The predicted octanol–water partition coefficient (Wildman–Crippen LogP) is 1.56. The fraction of sp³-hybridized carbons (Fsp3) is 0.467. The Hall–Kier alpha value is -1.53. The summed E-state index contributed by atoms with van der Waals surface area (Å²) in [6.45, 7) is 1.29. The second kappa shape index (κ2) is 6.95. The molecule has 1 aromatic rings. The van der Waals surface area contributed by atoms with Crippen LogP contribution in [0.1, 0.15) is 30.4 Å². The van der Waals surface area contributed by atoms with Gasteiger partial charge >= 0.3 is 0 Å². The van der Waals surface area contributed by atoms with Gasteiger partial charge in [0.25, 0.3) is 0 Å². The molecular weight excluding hydrogens is 289 g/mol. The molecule has 1 fully saturated rings. The van der Waals surface area contributed by atoms with Gasteiger partial charge in [-0.25, -0.2) is 4.39 Å². The standard InChI is InChI=1S/C15H20FN3OS/c1-18-15(20)13-4-2-3-7-19(13)9-10-8-11(16)5-6-12(10)14(17)21/h5-6,8,13H,2-4,7,9H2,1H3,(H2,17,21)(H,18,20). The highest BCUT2D eigenvalue weighted by Crippen LogP contribution is 2.22. The molecule has 1 aliphatic rings. The third kappa shape index (κ3) is 3.77.